The predicted molar refractivity (Wildman–Crippen MR) is 194 cm³/mol. The van der Waals surface area contributed by atoms with E-state index in [1.165, 1.54) is 6.07 Å². The maximum absolute atomic E-state index is 11.3. The third kappa shape index (κ3) is 12.1. The highest BCUT2D eigenvalue weighted by Gasteiger charge is 2.30. The zero-order valence-corrected chi connectivity index (χ0v) is 29.5. The fraction of sp³-hybridized carbons (Fsp3) is 0.590. The van der Waals surface area contributed by atoms with Gasteiger partial charge < -0.3 is 56.7 Å². The third-order valence-electron chi connectivity index (χ3n) is 9.94. The SMILES string of the molecule is CCC1C#CCC(C(O)CCc2ccc(O)c(OC(CC(Cc3ccc[nH]3)C3=CCNC(N)=C3)C(O)CO)c2)C(O)CCC(NCC(C)O)C1. The molecule has 0 spiro atoms. The van der Waals surface area contributed by atoms with Crippen molar-refractivity contribution in [2.24, 2.45) is 23.5 Å². The van der Waals surface area contributed by atoms with Gasteiger partial charge >= 0.3 is 0 Å². The topological polar surface area (TPSA) is 196 Å². The van der Waals surface area contributed by atoms with Crippen molar-refractivity contribution in [1.29, 1.82) is 0 Å². The molecule has 9 atom stereocenters. The lowest BCUT2D eigenvalue weighted by molar-refractivity contribution is -0.0104. The van der Waals surface area contributed by atoms with Crippen LogP contribution < -0.4 is 21.1 Å². The Labute approximate surface area is 296 Å². The van der Waals surface area contributed by atoms with Crippen molar-refractivity contribution in [1.82, 2.24) is 15.6 Å². The van der Waals surface area contributed by atoms with E-state index >= 15 is 0 Å². The van der Waals surface area contributed by atoms with Crippen molar-refractivity contribution >= 4 is 0 Å². The molecule has 0 radical (unpaired) electrons. The van der Waals surface area contributed by atoms with Crippen molar-refractivity contribution in [2.45, 2.75) is 108 Å². The first kappa shape index (κ1) is 39.3. The number of nitrogens with one attached hydrogen (secondary N) is 3. The second-order valence-electron chi connectivity index (χ2n) is 14.0. The molecule has 4 rings (SSSR count). The van der Waals surface area contributed by atoms with E-state index in [4.69, 9.17) is 10.5 Å². The zero-order valence-electron chi connectivity index (χ0n) is 29.5. The Kier molecular flexibility index (Phi) is 15.5. The van der Waals surface area contributed by atoms with Crippen LogP contribution in [0.1, 0.15) is 70.1 Å². The Morgan fingerprint density at radius 3 is 2.68 bits per heavy atom. The van der Waals surface area contributed by atoms with Crippen LogP contribution in [0.15, 0.2) is 60.1 Å². The van der Waals surface area contributed by atoms with Gasteiger partial charge in [-0.25, -0.2) is 0 Å². The van der Waals surface area contributed by atoms with E-state index < -0.39 is 43.0 Å². The van der Waals surface area contributed by atoms with Gasteiger partial charge in [0.2, 0.25) is 0 Å². The van der Waals surface area contributed by atoms with Gasteiger partial charge in [0.15, 0.2) is 11.5 Å². The van der Waals surface area contributed by atoms with Crippen LogP contribution in [0, 0.1) is 29.6 Å². The summed E-state index contributed by atoms with van der Waals surface area (Å²) in [7, 11) is 0. The lowest BCUT2D eigenvalue weighted by Gasteiger charge is -2.30. The summed E-state index contributed by atoms with van der Waals surface area (Å²) < 4.78 is 6.26. The molecule has 9 unspecified atom stereocenters. The molecule has 50 heavy (non-hydrogen) atoms. The number of phenolic OH excluding ortho intramolecular Hbond substituents is 1. The first-order chi connectivity index (χ1) is 24.1. The zero-order chi connectivity index (χ0) is 36.0. The fourth-order valence-electron chi connectivity index (χ4n) is 6.89. The van der Waals surface area contributed by atoms with Gasteiger partial charge in [-0.2, -0.15) is 0 Å². The molecule has 0 saturated heterocycles. The Balaban J connectivity index is 1.45. The first-order valence-corrected chi connectivity index (χ1v) is 18.1. The van der Waals surface area contributed by atoms with Crippen LogP contribution in [0.2, 0.25) is 0 Å². The Morgan fingerprint density at radius 2 is 1.98 bits per heavy atom. The number of allylic oxidation sites excluding steroid dienone is 2. The number of aromatic hydroxyl groups is 1. The average Bonchev–Trinajstić information content (AvgIpc) is 3.62. The summed E-state index contributed by atoms with van der Waals surface area (Å²) in [5.41, 5.74) is 8.89. The minimum absolute atomic E-state index is 0.0992. The average molecular weight is 695 g/mol. The summed E-state index contributed by atoms with van der Waals surface area (Å²) in [6.07, 6.45) is 6.90. The quantitative estimate of drug-likeness (QED) is 0.110. The molecule has 0 fully saturated rings. The van der Waals surface area contributed by atoms with Crippen LogP contribution in [-0.4, -0.2) is 91.9 Å². The number of benzene rings is 1. The molecule has 11 N–H and O–H groups in total. The number of aliphatic hydroxyl groups excluding tert-OH is 5. The number of aliphatic hydroxyl groups is 5. The number of rotatable bonds is 17. The van der Waals surface area contributed by atoms with Crippen LogP contribution >= 0.6 is 0 Å². The van der Waals surface area contributed by atoms with Gasteiger partial charge in [-0.15, -0.1) is 5.92 Å². The predicted octanol–water partition coefficient (Wildman–Crippen LogP) is 2.61. The molecule has 0 saturated carbocycles. The van der Waals surface area contributed by atoms with E-state index in [1.54, 1.807) is 19.1 Å². The van der Waals surface area contributed by atoms with E-state index in [-0.39, 0.29) is 29.4 Å². The van der Waals surface area contributed by atoms with E-state index in [0.717, 1.165) is 36.1 Å². The van der Waals surface area contributed by atoms with Crippen molar-refractivity contribution in [3.05, 3.63) is 71.3 Å². The molecule has 11 heteroatoms. The van der Waals surface area contributed by atoms with Crippen LogP contribution in [0.5, 0.6) is 11.5 Å². The number of dihydropyridines is 1. The molecular formula is C39H58N4O7. The van der Waals surface area contributed by atoms with Gasteiger partial charge in [0.1, 0.15) is 12.2 Å². The lowest BCUT2D eigenvalue weighted by Crippen LogP contribution is -2.38. The number of aromatic nitrogens is 1. The van der Waals surface area contributed by atoms with Crippen molar-refractivity contribution < 1.29 is 35.4 Å². The van der Waals surface area contributed by atoms with Gasteiger partial charge in [0.25, 0.3) is 0 Å². The van der Waals surface area contributed by atoms with Crippen LogP contribution in [0.3, 0.4) is 0 Å². The summed E-state index contributed by atoms with van der Waals surface area (Å²) in [4.78, 5) is 3.24. The number of hydrogen-bond acceptors (Lipinski definition) is 10. The number of phenols is 1. The van der Waals surface area contributed by atoms with Gasteiger partial charge in [-0.3, -0.25) is 0 Å². The van der Waals surface area contributed by atoms with Gasteiger partial charge in [0, 0.05) is 49.3 Å². The molecule has 1 aliphatic carbocycles. The van der Waals surface area contributed by atoms with Crippen LogP contribution in [-0.2, 0) is 12.8 Å². The van der Waals surface area contributed by atoms with Crippen molar-refractivity contribution in [3.8, 4) is 23.3 Å². The molecule has 0 amide bonds. The Hall–Kier alpha value is -3.50. The van der Waals surface area contributed by atoms with Crippen molar-refractivity contribution in [3.63, 3.8) is 0 Å². The number of H-pyrrole nitrogens is 1. The second-order valence-corrected chi connectivity index (χ2v) is 14.0. The molecule has 276 valence electrons. The monoisotopic (exact) mass is 694 g/mol. The summed E-state index contributed by atoms with van der Waals surface area (Å²) in [5, 5.41) is 70.4. The Bertz CT molecular complexity index is 1430. The third-order valence-corrected chi connectivity index (χ3v) is 9.94. The number of hydrogen-bond donors (Lipinski definition) is 10. The summed E-state index contributed by atoms with van der Waals surface area (Å²) in [6.45, 7) is 4.39. The highest BCUT2D eigenvalue weighted by molar-refractivity contribution is 5.42. The fourth-order valence-corrected chi connectivity index (χ4v) is 6.89. The molecule has 0 bridgehead atoms. The minimum atomic E-state index is -1.21. The molecule has 2 aromatic rings. The number of ether oxygens (including phenoxy) is 1. The molecular weight excluding hydrogens is 636 g/mol. The van der Waals surface area contributed by atoms with E-state index in [0.29, 0.717) is 57.4 Å². The summed E-state index contributed by atoms with van der Waals surface area (Å²) >= 11 is 0. The maximum Gasteiger partial charge on any atom is 0.161 e. The summed E-state index contributed by atoms with van der Waals surface area (Å²) in [6, 6.07) is 9.03. The van der Waals surface area contributed by atoms with E-state index in [9.17, 15) is 30.6 Å². The first-order valence-electron chi connectivity index (χ1n) is 18.1. The molecule has 1 aromatic carbocycles. The normalized spacial score (nSPS) is 24.3. The number of aromatic amines is 1. The Morgan fingerprint density at radius 1 is 1.16 bits per heavy atom. The largest absolute Gasteiger partial charge is 0.504 e. The molecule has 1 aromatic heterocycles. The van der Waals surface area contributed by atoms with Crippen LogP contribution in [0.4, 0.5) is 0 Å². The lowest BCUT2D eigenvalue weighted by atomic mass is 9.84. The smallest absolute Gasteiger partial charge is 0.161 e. The van der Waals surface area contributed by atoms with E-state index in [1.807, 2.05) is 30.5 Å². The molecule has 2 heterocycles. The van der Waals surface area contributed by atoms with Crippen LogP contribution in [0.25, 0.3) is 0 Å². The standard InChI is InChI=1S/C39H58N4O7/c1-3-26-6-4-8-32(34(47)14-11-31(18-26)43-23-25(2)45)33(46)12-9-27-10-13-35(48)37(19-27)50-38(36(49)24-44)21-29(20-30-7-5-16-41-30)28-15-17-42-39(40)22-28/h5,7,10,13,15-16,19,22,25-26,29,31-34,36,38,41-49H,3,8-9,11-12,14,17-18,20-21,23-24,40H2,1-2H3. The van der Waals surface area contributed by atoms with E-state index in [2.05, 4.69) is 34.4 Å². The molecule has 11 nitrogen and oxygen atoms in total. The minimum Gasteiger partial charge on any atom is -0.504 e. The van der Waals surface area contributed by atoms with Gasteiger partial charge in [0.05, 0.1) is 30.7 Å². The van der Waals surface area contributed by atoms with Crippen molar-refractivity contribution in [2.75, 3.05) is 19.7 Å². The molecule has 1 aliphatic heterocycles. The summed E-state index contributed by atoms with van der Waals surface area (Å²) in [5.74, 6) is 6.90. The maximum atomic E-state index is 11.3. The highest BCUT2D eigenvalue weighted by Crippen LogP contribution is 2.33. The number of nitrogens with two attached hydrogens (primary N) is 1. The van der Waals surface area contributed by atoms with Gasteiger partial charge in [-0.05, 0) is 106 Å². The number of aryl methyl sites for hydroxylation is 1. The highest BCUT2D eigenvalue weighted by atomic mass is 16.5. The van der Waals surface area contributed by atoms with Gasteiger partial charge in [-0.1, -0.05) is 25.0 Å². The molecule has 2 aliphatic rings. The second kappa shape index (κ2) is 19.8.